The van der Waals surface area contributed by atoms with E-state index in [-0.39, 0.29) is 17.9 Å². The molecule has 0 saturated heterocycles. The molecule has 1 saturated carbocycles. The first-order valence-electron chi connectivity index (χ1n) is 5.52. The molecule has 2 rings (SSSR count). The predicted octanol–water partition coefficient (Wildman–Crippen LogP) is 2.05. The third-order valence-corrected chi connectivity index (χ3v) is 3.01. The molecule has 4 heteroatoms. The normalized spacial score (nSPS) is 16.2. The number of carbonyl (C=O) groups is 1. The molecule has 0 amide bonds. The van der Waals surface area contributed by atoms with Crippen LogP contribution in [0.5, 0.6) is 0 Å². The van der Waals surface area contributed by atoms with E-state index in [4.69, 9.17) is 6.57 Å². The van der Waals surface area contributed by atoms with Crippen LogP contribution in [0.3, 0.4) is 0 Å². The van der Waals surface area contributed by atoms with Gasteiger partial charge in [0.2, 0.25) is 6.54 Å². The van der Waals surface area contributed by atoms with Gasteiger partial charge in [0.05, 0.1) is 12.1 Å². The Morgan fingerprint density at radius 2 is 2.29 bits per heavy atom. The average Bonchev–Trinajstić information content (AvgIpc) is 3.07. The first-order chi connectivity index (χ1) is 8.15. The van der Waals surface area contributed by atoms with Crippen molar-refractivity contribution in [1.29, 1.82) is 0 Å². The molecule has 1 aromatic rings. The summed E-state index contributed by atoms with van der Waals surface area (Å²) in [6.45, 7) is 7.40. The van der Waals surface area contributed by atoms with E-state index in [1.165, 1.54) is 18.2 Å². The highest BCUT2D eigenvalue weighted by Crippen LogP contribution is 2.35. The fraction of sp³-hybridized carbons (Fsp3) is 0.385. The molecule has 0 spiro atoms. The second kappa shape index (κ2) is 4.64. The van der Waals surface area contributed by atoms with Crippen LogP contribution < -0.4 is 5.32 Å². The van der Waals surface area contributed by atoms with Crippen molar-refractivity contribution >= 4 is 5.78 Å². The van der Waals surface area contributed by atoms with Gasteiger partial charge in [-0.05, 0) is 25.0 Å². The van der Waals surface area contributed by atoms with Gasteiger partial charge < -0.3 is 4.85 Å². The van der Waals surface area contributed by atoms with Crippen molar-refractivity contribution in [1.82, 2.24) is 5.32 Å². The summed E-state index contributed by atoms with van der Waals surface area (Å²) < 4.78 is 12.9. The smallest absolute Gasteiger partial charge is 0.232 e. The topological polar surface area (TPSA) is 33.5 Å². The molecule has 0 bridgehead atoms. The fourth-order valence-corrected chi connectivity index (χ4v) is 1.72. The second-order valence-electron chi connectivity index (χ2n) is 4.38. The zero-order chi connectivity index (χ0) is 12.3. The van der Waals surface area contributed by atoms with Crippen molar-refractivity contribution in [2.75, 3.05) is 13.1 Å². The SMILES string of the molecule is [C-]#[N+]CC1(NCC(=O)c2cccc(F)c2)CC1. The van der Waals surface area contributed by atoms with Gasteiger partial charge in [-0.25, -0.2) is 11.0 Å². The molecule has 0 atom stereocenters. The Labute approximate surface area is 99.5 Å². The van der Waals surface area contributed by atoms with Crippen LogP contribution in [0.2, 0.25) is 0 Å². The molecule has 1 aliphatic rings. The van der Waals surface area contributed by atoms with E-state index >= 15 is 0 Å². The quantitative estimate of drug-likeness (QED) is 0.622. The standard InChI is InChI=1S/C13H13FN2O/c1-15-9-13(5-6-13)16-8-12(17)10-3-2-4-11(14)7-10/h2-4,7,16H,5-6,8-9H2. The van der Waals surface area contributed by atoms with Crippen molar-refractivity contribution in [3.63, 3.8) is 0 Å². The Bertz CT molecular complexity index is 475. The predicted molar refractivity (Wildman–Crippen MR) is 62.2 cm³/mol. The average molecular weight is 232 g/mol. The van der Waals surface area contributed by atoms with Crippen molar-refractivity contribution in [3.8, 4) is 0 Å². The molecule has 88 valence electrons. The number of Topliss-reactive ketones (excluding diaryl/α,β-unsaturated/α-hetero) is 1. The van der Waals surface area contributed by atoms with Gasteiger partial charge in [-0.3, -0.25) is 10.1 Å². The monoisotopic (exact) mass is 232 g/mol. The van der Waals surface area contributed by atoms with Crippen LogP contribution in [0.25, 0.3) is 4.85 Å². The number of rotatable bonds is 5. The van der Waals surface area contributed by atoms with Gasteiger partial charge in [0, 0.05) is 5.56 Å². The zero-order valence-corrected chi connectivity index (χ0v) is 9.37. The minimum atomic E-state index is -0.404. The minimum Gasteiger partial charge on any atom is -0.315 e. The van der Waals surface area contributed by atoms with E-state index in [0.717, 1.165) is 12.8 Å². The molecule has 0 aliphatic heterocycles. The molecule has 3 nitrogen and oxygen atoms in total. The Morgan fingerprint density at radius 3 is 2.88 bits per heavy atom. The molecule has 1 N–H and O–H groups in total. The summed E-state index contributed by atoms with van der Waals surface area (Å²) in [5.41, 5.74) is 0.209. The lowest BCUT2D eigenvalue weighted by Crippen LogP contribution is -2.37. The lowest BCUT2D eigenvalue weighted by molar-refractivity contribution is 0.0986. The summed E-state index contributed by atoms with van der Waals surface area (Å²) in [6, 6.07) is 5.67. The van der Waals surface area contributed by atoms with E-state index in [9.17, 15) is 9.18 Å². The summed E-state index contributed by atoms with van der Waals surface area (Å²) in [4.78, 5) is 15.1. The molecule has 0 unspecified atom stereocenters. The molecule has 1 aliphatic carbocycles. The van der Waals surface area contributed by atoms with Gasteiger partial charge in [0.1, 0.15) is 5.82 Å². The lowest BCUT2D eigenvalue weighted by atomic mass is 10.1. The summed E-state index contributed by atoms with van der Waals surface area (Å²) >= 11 is 0. The summed E-state index contributed by atoms with van der Waals surface area (Å²) in [5, 5.41) is 3.10. The largest absolute Gasteiger partial charge is 0.315 e. The van der Waals surface area contributed by atoms with Gasteiger partial charge in [-0.2, -0.15) is 0 Å². The molecule has 0 heterocycles. The lowest BCUT2D eigenvalue weighted by Gasteiger charge is -2.10. The van der Waals surface area contributed by atoms with Crippen molar-refractivity contribution in [2.45, 2.75) is 18.4 Å². The minimum absolute atomic E-state index is 0.138. The highest BCUT2D eigenvalue weighted by Gasteiger charge is 2.45. The van der Waals surface area contributed by atoms with Gasteiger partial charge in [0.25, 0.3) is 0 Å². The van der Waals surface area contributed by atoms with Crippen LogP contribution in [0.4, 0.5) is 4.39 Å². The Hall–Kier alpha value is -1.73. The maximum absolute atomic E-state index is 12.9. The highest BCUT2D eigenvalue weighted by atomic mass is 19.1. The van der Waals surface area contributed by atoms with Crippen LogP contribution in [-0.2, 0) is 0 Å². The summed E-state index contributed by atoms with van der Waals surface area (Å²) in [7, 11) is 0. The van der Waals surface area contributed by atoms with Crippen LogP contribution in [0.15, 0.2) is 24.3 Å². The molecular weight excluding hydrogens is 219 g/mol. The van der Waals surface area contributed by atoms with Crippen LogP contribution >= 0.6 is 0 Å². The number of ketones is 1. The third-order valence-electron chi connectivity index (χ3n) is 3.01. The van der Waals surface area contributed by atoms with E-state index in [1.807, 2.05) is 0 Å². The van der Waals surface area contributed by atoms with Crippen molar-refractivity contribution in [3.05, 3.63) is 47.1 Å². The van der Waals surface area contributed by atoms with Crippen LogP contribution in [0, 0.1) is 12.4 Å². The van der Waals surface area contributed by atoms with Crippen LogP contribution in [0.1, 0.15) is 23.2 Å². The van der Waals surface area contributed by atoms with Crippen molar-refractivity contribution in [2.24, 2.45) is 0 Å². The molecule has 1 aromatic carbocycles. The van der Waals surface area contributed by atoms with E-state index in [2.05, 4.69) is 10.2 Å². The Kier molecular flexibility index (Phi) is 3.21. The maximum Gasteiger partial charge on any atom is 0.232 e. The number of hydrogen-bond acceptors (Lipinski definition) is 2. The number of hydrogen-bond donors (Lipinski definition) is 1. The van der Waals surface area contributed by atoms with Gasteiger partial charge in [-0.15, -0.1) is 0 Å². The highest BCUT2D eigenvalue weighted by molar-refractivity contribution is 5.97. The number of nitrogens with zero attached hydrogens (tertiary/aromatic N) is 1. The molecule has 0 radical (unpaired) electrons. The van der Waals surface area contributed by atoms with Crippen molar-refractivity contribution < 1.29 is 9.18 Å². The number of carbonyl (C=O) groups excluding carboxylic acids is 1. The summed E-state index contributed by atoms with van der Waals surface area (Å²) in [5.74, 6) is -0.543. The first-order valence-corrected chi connectivity index (χ1v) is 5.52. The van der Waals surface area contributed by atoms with E-state index in [1.54, 1.807) is 6.07 Å². The number of nitrogens with one attached hydrogen (secondary N) is 1. The molecular formula is C13H13FN2O. The Morgan fingerprint density at radius 1 is 1.53 bits per heavy atom. The molecule has 1 fully saturated rings. The Balaban J connectivity index is 1.92. The molecule has 17 heavy (non-hydrogen) atoms. The number of halogens is 1. The van der Waals surface area contributed by atoms with Crippen LogP contribution in [-0.4, -0.2) is 24.4 Å². The van der Waals surface area contributed by atoms with E-state index < -0.39 is 5.82 Å². The molecule has 0 aromatic heterocycles. The van der Waals surface area contributed by atoms with E-state index in [0.29, 0.717) is 12.1 Å². The zero-order valence-electron chi connectivity index (χ0n) is 9.37. The van der Waals surface area contributed by atoms with Gasteiger partial charge in [0.15, 0.2) is 5.78 Å². The first kappa shape index (κ1) is 11.7. The fourth-order valence-electron chi connectivity index (χ4n) is 1.72. The van der Waals surface area contributed by atoms with Gasteiger partial charge >= 0.3 is 0 Å². The summed E-state index contributed by atoms with van der Waals surface area (Å²) in [6.07, 6.45) is 1.87. The number of benzene rings is 1. The second-order valence-corrected chi connectivity index (χ2v) is 4.38. The third kappa shape index (κ3) is 2.89. The maximum atomic E-state index is 12.9. The van der Waals surface area contributed by atoms with Gasteiger partial charge in [-0.1, -0.05) is 12.1 Å².